The zero-order valence-corrected chi connectivity index (χ0v) is 13.2. The number of likely N-dealkylation sites (tertiary alicyclic amines) is 1. The van der Waals surface area contributed by atoms with Gasteiger partial charge in [-0.15, -0.1) is 0 Å². The number of ether oxygens (including phenoxy) is 1. The van der Waals surface area contributed by atoms with Crippen LogP contribution in [0.4, 0.5) is 0 Å². The van der Waals surface area contributed by atoms with Crippen molar-refractivity contribution in [2.45, 2.75) is 32.4 Å². The summed E-state index contributed by atoms with van der Waals surface area (Å²) in [4.78, 5) is 23.9. The molecule has 122 valence electrons. The van der Waals surface area contributed by atoms with Gasteiger partial charge in [0.2, 0.25) is 6.29 Å². The molecule has 2 heterocycles. The predicted molar refractivity (Wildman–Crippen MR) is 88.1 cm³/mol. The fourth-order valence-electron chi connectivity index (χ4n) is 3.28. The van der Waals surface area contributed by atoms with Gasteiger partial charge in [0.05, 0.1) is 0 Å². The number of rotatable bonds is 7. The molecule has 1 saturated heterocycles. The summed E-state index contributed by atoms with van der Waals surface area (Å²) in [6.45, 7) is 4.65. The minimum atomic E-state index is -0.823. The van der Waals surface area contributed by atoms with Crippen LogP contribution in [-0.4, -0.2) is 41.4 Å². The number of para-hydroxylation sites is 1. The van der Waals surface area contributed by atoms with Gasteiger partial charge in [0.25, 0.3) is 0 Å². The van der Waals surface area contributed by atoms with E-state index < -0.39 is 5.97 Å². The second kappa shape index (κ2) is 7.42. The molecule has 5 heteroatoms. The molecule has 0 radical (unpaired) electrons. The van der Waals surface area contributed by atoms with Gasteiger partial charge in [0.15, 0.2) is 0 Å². The smallest absolute Gasteiger partial charge is 0.371 e. The third kappa shape index (κ3) is 3.79. The van der Waals surface area contributed by atoms with Crippen molar-refractivity contribution < 1.29 is 14.3 Å². The van der Waals surface area contributed by atoms with Gasteiger partial charge in [-0.05, 0) is 45.0 Å². The fraction of sp³-hybridized carbons (Fsp3) is 0.444. The number of esters is 1. The van der Waals surface area contributed by atoms with Crippen LogP contribution in [0.1, 0.15) is 24.8 Å². The normalized spacial score (nSPS) is 15.1. The second-order valence-corrected chi connectivity index (χ2v) is 5.99. The number of benzene rings is 1. The summed E-state index contributed by atoms with van der Waals surface area (Å²) in [6.07, 6.45) is 5.98. The Morgan fingerprint density at radius 1 is 1.17 bits per heavy atom. The van der Waals surface area contributed by atoms with E-state index >= 15 is 0 Å². The van der Waals surface area contributed by atoms with Crippen LogP contribution < -0.4 is 0 Å². The van der Waals surface area contributed by atoms with Crippen LogP contribution >= 0.6 is 0 Å². The lowest BCUT2D eigenvalue weighted by Crippen LogP contribution is -2.21. The van der Waals surface area contributed by atoms with Crippen molar-refractivity contribution in [3.05, 3.63) is 36.0 Å². The molecule has 1 aromatic heterocycles. The zero-order chi connectivity index (χ0) is 16.1. The minimum Gasteiger partial charge on any atom is -0.455 e. The summed E-state index contributed by atoms with van der Waals surface area (Å²) in [5.41, 5.74) is 2.09. The maximum absolute atomic E-state index is 11.0. The van der Waals surface area contributed by atoms with Crippen LogP contribution in [-0.2, 0) is 27.5 Å². The highest BCUT2D eigenvalue weighted by atomic mass is 16.5. The topological polar surface area (TPSA) is 51.5 Å². The van der Waals surface area contributed by atoms with Crippen LogP contribution in [0.25, 0.3) is 10.9 Å². The number of aromatic nitrogens is 1. The van der Waals surface area contributed by atoms with E-state index in [0.29, 0.717) is 0 Å². The van der Waals surface area contributed by atoms with E-state index in [-0.39, 0.29) is 12.9 Å². The molecule has 3 rings (SSSR count). The molecular weight excluding hydrogens is 292 g/mol. The van der Waals surface area contributed by atoms with Crippen LogP contribution in [0.2, 0.25) is 0 Å². The van der Waals surface area contributed by atoms with Gasteiger partial charge in [0, 0.05) is 29.2 Å². The van der Waals surface area contributed by atoms with Crippen LogP contribution in [0.3, 0.4) is 0 Å². The molecule has 23 heavy (non-hydrogen) atoms. The Balaban J connectivity index is 1.69. The number of hydrogen-bond donors (Lipinski definition) is 0. The Bertz CT molecular complexity index is 687. The molecule has 0 unspecified atom stereocenters. The zero-order valence-electron chi connectivity index (χ0n) is 13.2. The number of aryl methyl sites for hydroxylation is 1. The third-order valence-electron chi connectivity index (χ3n) is 4.41. The fourth-order valence-corrected chi connectivity index (χ4v) is 3.28. The molecule has 1 aliphatic rings. The van der Waals surface area contributed by atoms with E-state index in [2.05, 4.69) is 15.5 Å². The molecule has 1 aromatic carbocycles. The molecule has 0 aliphatic carbocycles. The van der Waals surface area contributed by atoms with Crippen LogP contribution in [0, 0.1) is 0 Å². The Kier molecular flexibility index (Phi) is 5.08. The van der Waals surface area contributed by atoms with Gasteiger partial charge in [-0.25, -0.2) is 4.79 Å². The summed E-state index contributed by atoms with van der Waals surface area (Å²) in [7, 11) is 0. The van der Waals surface area contributed by atoms with E-state index in [1.54, 1.807) is 0 Å². The number of carbonyl (C=O) groups excluding carboxylic acids is 2. The maximum Gasteiger partial charge on any atom is 0.371 e. The Morgan fingerprint density at radius 2 is 1.96 bits per heavy atom. The molecule has 1 fully saturated rings. The Morgan fingerprint density at radius 3 is 2.74 bits per heavy atom. The van der Waals surface area contributed by atoms with E-state index in [0.717, 1.165) is 36.0 Å². The van der Waals surface area contributed by atoms with Gasteiger partial charge < -0.3 is 14.2 Å². The first-order valence-corrected chi connectivity index (χ1v) is 8.19. The quantitative estimate of drug-likeness (QED) is 0.447. The molecule has 0 spiro atoms. The molecule has 1 aliphatic heterocycles. The van der Waals surface area contributed by atoms with Gasteiger partial charge in [0.1, 0.15) is 6.61 Å². The summed E-state index contributed by atoms with van der Waals surface area (Å²) in [5.74, 6) is -0.823. The van der Waals surface area contributed by atoms with Crippen LogP contribution in [0.15, 0.2) is 30.5 Å². The molecule has 0 saturated carbocycles. The number of hydrogen-bond acceptors (Lipinski definition) is 4. The van der Waals surface area contributed by atoms with Gasteiger partial charge in [-0.2, -0.15) is 0 Å². The highest BCUT2D eigenvalue weighted by Crippen LogP contribution is 2.22. The lowest BCUT2D eigenvalue weighted by Gasteiger charge is -2.14. The van der Waals surface area contributed by atoms with Gasteiger partial charge in [-0.1, -0.05) is 18.2 Å². The summed E-state index contributed by atoms with van der Waals surface area (Å²) in [5, 5.41) is 1.08. The largest absolute Gasteiger partial charge is 0.455 e. The molecular formula is C18H22N2O3. The molecule has 0 N–H and O–H groups in total. The first-order chi connectivity index (χ1) is 11.3. The first-order valence-electron chi connectivity index (χ1n) is 8.19. The summed E-state index contributed by atoms with van der Waals surface area (Å²) in [6, 6.07) is 8.09. The maximum atomic E-state index is 11.0. The first kappa shape index (κ1) is 15.7. The van der Waals surface area contributed by atoms with E-state index in [1.165, 1.54) is 25.9 Å². The number of fused-ring (bicyclic) bond motifs is 1. The number of nitrogens with zero attached hydrogens (tertiary/aromatic N) is 2. The Hall–Kier alpha value is -2.14. The SMILES string of the molecule is O=CC(=O)OCc1cn(CCCN2CCCC2)c2ccccc12. The summed E-state index contributed by atoms with van der Waals surface area (Å²) >= 11 is 0. The van der Waals surface area contributed by atoms with Crippen LogP contribution in [0.5, 0.6) is 0 Å². The average molecular weight is 314 g/mol. The molecule has 0 atom stereocenters. The highest BCUT2D eigenvalue weighted by Gasteiger charge is 2.12. The average Bonchev–Trinajstić information content (AvgIpc) is 3.21. The minimum absolute atomic E-state index is 0.136. The van der Waals surface area contributed by atoms with Crippen molar-refractivity contribution in [1.82, 2.24) is 9.47 Å². The highest BCUT2D eigenvalue weighted by molar-refractivity contribution is 6.20. The molecule has 0 bridgehead atoms. The predicted octanol–water partition coefficient (Wildman–Crippen LogP) is 2.37. The van der Waals surface area contributed by atoms with Gasteiger partial charge >= 0.3 is 5.97 Å². The van der Waals surface area contributed by atoms with Crippen molar-refractivity contribution in [2.75, 3.05) is 19.6 Å². The third-order valence-corrected chi connectivity index (χ3v) is 4.41. The van der Waals surface area contributed by atoms with Crippen molar-refractivity contribution >= 4 is 23.2 Å². The summed E-state index contributed by atoms with van der Waals surface area (Å²) < 4.78 is 7.17. The Labute approximate surface area is 135 Å². The lowest BCUT2D eigenvalue weighted by molar-refractivity contribution is -0.149. The molecule has 5 nitrogen and oxygen atoms in total. The van der Waals surface area contributed by atoms with Crippen molar-refractivity contribution in [1.29, 1.82) is 0 Å². The second-order valence-electron chi connectivity index (χ2n) is 5.99. The monoisotopic (exact) mass is 314 g/mol. The number of carbonyl (C=O) groups is 2. The van der Waals surface area contributed by atoms with Crippen molar-refractivity contribution in [2.24, 2.45) is 0 Å². The molecule has 2 aromatic rings. The number of aldehydes is 1. The van der Waals surface area contributed by atoms with Crippen molar-refractivity contribution in [3.8, 4) is 0 Å². The standard InChI is InChI=1S/C18H22N2O3/c21-13-18(22)23-14-15-12-20(17-7-2-1-6-16(15)17)11-5-10-19-8-3-4-9-19/h1-2,6-7,12-13H,3-5,8-11,14H2. The van der Waals surface area contributed by atoms with E-state index in [1.807, 2.05) is 24.4 Å². The van der Waals surface area contributed by atoms with E-state index in [4.69, 9.17) is 4.74 Å². The van der Waals surface area contributed by atoms with E-state index in [9.17, 15) is 9.59 Å². The molecule has 0 amide bonds. The van der Waals surface area contributed by atoms with Crippen molar-refractivity contribution in [3.63, 3.8) is 0 Å². The lowest BCUT2D eigenvalue weighted by atomic mass is 10.2. The van der Waals surface area contributed by atoms with Gasteiger partial charge in [-0.3, -0.25) is 4.79 Å².